The number of thiophene rings is 1. The maximum absolute atomic E-state index is 4.52. The van der Waals surface area contributed by atoms with Crippen molar-refractivity contribution >= 4 is 41.3 Å². The quantitative estimate of drug-likeness (QED) is 0.414. The minimum absolute atomic E-state index is 0. The summed E-state index contributed by atoms with van der Waals surface area (Å²) in [4.78, 5) is 11.1. The van der Waals surface area contributed by atoms with Gasteiger partial charge in [-0.3, -0.25) is 9.89 Å². The lowest BCUT2D eigenvalue weighted by molar-refractivity contribution is 0.249. The van der Waals surface area contributed by atoms with Crippen LogP contribution in [0, 0.1) is 5.92 Å². The van der Waals surface area contributed by atoms with Gasteiger partial charge in [0, 0.05) is 37.6 Å². The summed E-state index contributed by atoms with van der Waals surface area (Å²) in [6.07, 6.45) is 5.19. The van der Waals surface area contributed by atoms with Gasteiger partial charge >= 0.3 is 0 Å². The summed E-state index contributed by atoms with van der Waals surface area (Å²) in [6.45, 7) is 8.18. The SMILES string of the molecule is CN=C(NCC(C)Cc1cccs1)N1CCC(N2CCCC2)C1.I. The Morgan fingerprint density at radius 1 is 1.38 bits per heavy atom. The van der Waals surface area contributed by atoms with Crippen molar-refractivity contribution in [2.75, 3.05) is 39.8 Å². The topological polar surface area (TPSA) is 30.9 Å². The van der Waals surface area contributed by atoms with Crippen molar-refractivity contribution in [3.05, 3.63) is 22.4 Å². The molecule has 2 aliphatic rings. The number of hydrogen-bond acceptors (Lipinski definition) is 3. The molecule has 1 aromatic rings. The first-order valence-corrected chi connectivity index (χ1v) is 9.86. The van der Waals surface area contributed by atoms with E-state index in [2.05, 4.69) is 44.5 Å². The van der Waals surface area contributed by atoms with Crippen molar-refractivity contribution in [1.29, 1.82) is 0 Å². The number of halogens is 1. The van der Waals surface area contributed by atoms with E-state index in [9.17, 15) is 0 Å². The summed E-state index contributed by atoms with van der Waals surface area (Å²) in [5, 5.41) is 5.76. The third-order valence-electron chi connectivity index (χ3n) is 5.07. The molecule has 3 rings (SSSR count). The summed E-state index contributed by atoms with van der Waals surface area (Å²) in [5.74, 6) is 1.71. The lowest BCUT2D eigenvalue weighted by atomic mass is 10.1. The zero-order valence-electron chi connectivity index (χ0n) is 14.9. The van der Waals surface area contributed by atoms with Crippen LogP contribution in [0.1, 0.15) is 31.1 Å². The van der Waals surface area contributed by atoms with Gasteiger partial charge in [0.1, 0.15) is 0 Å². The van der Waals surface area contributed by atoms with Crippen molar-refractivity contribution in [1.82, 2.24) is 15.1 Å². The maximum atomic E-state index is 4.52. The highest BCUT2D eigenvalue weighted by molar-refractivity contribution is 14.0. The molecule has 2 atom stereocenters. The number of likely N-dealkylation sites (tertiary alicyclic amines) is 2. The van der Waals surface area contributed by atoms with Crippen molar-refractivity contribution in [2.24, 2.45) is 10.9 Å². The maximum Gasteiger partial charge on any atom is 0.193 e. The van der Waals surface area contributed by atoms with Gasteiger partial charge in [0.25, 0.3) is 0 Å². The molecule has 0 aliphatic carbocycles. The number of rotatable bonds is 5. The molecule has 3 heterocycles. The average molecular weight is 462 g/mol. The molecule has 1 N–H and O–H groups in total. The van der Waals surface area contributed by atoms with Crippen molar-refractivity contribution in [2.45, 2.75) is 38.6 Å². The van der Waals surface area contributed by atoms with Crippen LogP contribution in [0.3, 0.4) is 0 Å². The van der Waals surface area contributed by atoms with Crippen molar-refractivity contribution in [3.8, 4) is 0 Å². The van der Waals surface area contributed by atoms with Gasteiger partial charge in [0.05, 0.1) is 0 Å². The van der Waals surface area contributed by atoms with E-state index >= 15 is 0 Å². The van der Waals surface area contributed by atoms with Gasteiger partial charge in [-0.2, -0.15) is 0 Å². The largest absolute Gasteiger partial charge is 0.356 e. The molecule has 2 fully saturated rings. The summed E-state index contributed by atoms with van der Waals surface area (Å²) in [6, 6.07) is 5.11. The van der Waals surface area contributed by atoms with E-state index in [1.807, 2.05) is 18.4 Å². The Hall–Kier alpha value is -0.340. The van der Waals surface area contributed by atoms with Crippen molar-refractivity contribution in [3.63, 3.8) is 0 Å². The molecule has 0 spiro atoms. The first-order valence-electron chi connectivity index (χ1n) is 8.98. The number of guanidine groups is 1. The first kappa shape index (κ1) is 20.0. The summed E-state index contributed by atoms with van der Waals surface area (Å²) < 4.78 is 0. The van der Waals surface area contributed by atoms with Gasteiger partial charge in [-0.05, 0) is 56.1 Å². The summed E-state index contributed by atoms with van der Waals surface area (Å²) >= 11 is 1.86. The lowest BCUT2D eigenvalue weighted by Gasteiger charge is -2.26. The Balaban J connectivity index is 0.00000208. The second-order valence-corrected chi connectivity index (χ2v) is 7.98. The Morgan fingerprint density at radius 2 is 2.17 bits per heavy atom. The van der Waals surface area contributed by atoms with Crippen LogP contribution < -0.4 is 5.32 Å². The van der Waals surface area contributed by atoms with Gasteiger partial charge in [-0.1, -0.05) is 13.0 Å². The van der Waals surface area contributed by atoms with Crippen LogP contribution in [0.25, 0.3) is 0 Å². The number of nitrogens with one attached hydrogen (secondary N) is 1. The third-order valence-corrected chi connectivity index (χ3v) is 5.97. The van der Waals surface area contributed by atoms with E-state index in [0.29, 0.717) is 5.92 Å². The number of nitrogens with zero attached hydrogens (tertiary/aromatic N) is 3. The predicted molar refractivity (Wildman–Crippen MR) is 115 cm³/mol. The van der Waals surface area contributed by atoms with Crippen LogP contribution in [-0.4, -0.2) is 61.6 Å². The summed E-state index contributed by atoms with van der Waals surface area (Å²) in [7, 11) is 1.91. The molecular formula is C18H31IN4S. The minimum atomic E-state index is 0. The molecule has 0 amide bonds. The van der Waals surface area contributed by atoms with E-state index in [4.69, 9.17) is 0 Å². The van der Waals surface area contributed by atoms with Gasteiger partial charge in [0.15, 0.2) is 5.96 Å². The van der Waals surface area contributed by atoms with Crippen LogP contribution >= 0.6 is 35.3 Å². The van der Waals surface area contributed by atoms with E-state index in [0.717, 1.165) is 38.1 Å². The van der Waals surface area contributed by atoms with Crippen LogP contribution in [0.15, 0.2) is 22.5 Å². The molecule has 0 saturated carbocycles. The zero-order valence-corrected chi connectivity index (χ0v) is 18.1. The molecule has 4 nitrogen and oxygen atoms in total. The monoisotopic (exact) mass is 462 g/mol. The third kappa shape index (κ3) is 5.33. The molecule has 2 saturated heterocycles. The summed E-state index contributed by atoms with van der Waals surface area (Å²) in [5.41, 5.74) is 0. The van der Waals surface area contributed by atoms with E-state index in [1.165, 1.54) is 37.2 Å². The molecule has 0 radical (unpaired) electrons. The Bertz CT molecular complexity index is 499. The molecule has 2 unspecified atom stereocenters. The highest BCUT2D eigenvalue weighted by atomic mass is 127. The average Bonchev–Trinajstić information content (AvgIpc) is 3.30. The Kier molecular flexibility index (Phi) is 8.30. The molecule has 2 aliphatic heterocycles. The first-order chi connectivity index (χ1) is 11.3. The zero-order chi connectivity index (χ0) is 16.1. The number of hydrogen-bond donors (Lipinski definition) is 1. The van der Waals surface area contributed by atoms with Gasteiger partial charge < -0.3 is 10.2 Å². The Morgan fingerprint density at radius 3 is 2.83 bits per heavy atom. The van der Waals surface area contributed by atoms with Crippen LogP contribution in [0.5, 0.6) is 0 Å². The molecule has 1 aromatic heterocycles. The second-order valence-electron chi connectivity index (χ2n) is 6.95. The molecule has 6 heteroatoms. The van der Waals surface area contributed by atoms with Crippen LogP contribution in [-0.2, 0) is 6.42 Å². The Labute approximate surface area is 167 Å². The standard InChI is InChI=1S/C18H30N4S.HI/c1-15(12-17-6-5-11-23-17)13-20-18(19-2)22-10-7-16(14-22)21-8-3-4-9-21;/h5-6,11,15-16H,3-4,7-10,12-14H2,1-2H3,(H,19,20);1H. The van der Waals surface area contributed by atoms with Gasteiger partial charge in [0.2, 0.25) is 0 Å². The minimum Gasteiger partial charge on any atom is -0.356 e. The smallest absolute Gasteiger partial charge is 0.193 e. The molecular weight excluding hydrogens is 431 g/mol. The van der Waals surface area contributed by atoms with E-state index in [-0.39, 0.29) is 24.0 Å². The normalized spacial score (nSPS) is 23.3. The van der Waals surface area contributed by atoms with Crippen molar-refractivity contribution < 1.29 is 0 Å². The predicted octanol–water partition coefficient (Wildman–Crippen LogP) is 3.29. The van der Waals surface area contributed by atoms with E-state index in [1.54, 1.807) is 0 Å². The molecule has 0 aromatic carbocycles. The highest BCUT2D eigenvalue weighted by Gasteiger charge is 2.30. The molecule has 0 bridgehead atoms. The van der Waals surface area contributed by atoms with Crippen LogP contribution in [0.4, 0.5) is 0 Å². The highest BCUT2D eigenvalue weighted by Crippen LogP contribution is 2.20. The molecule has 24 heavy (non-hydrogen) atoms. The van der Waals surface area contributed by atoms with Gasteiger partial charge in [-0.25, -0.2) is 0 Å². The number of aliphatic imine (C=N–C) groups is 1. The lowest BCUT2D eigenvalue weighted by Crippen LogP contribution is -2.44. The van der Waals surface area contributed by atoms with Gasteiger partial charge in [-0.15, -0.1) is 35.3 Å². The second kappa shape index (κ2) is 9.97. The van der Waals surface area contributed by atoms with E-state index < -0.39 is 0 Å². The fourth-order valence-corrected chi connectivity index (χ4v) is 4.65. The fraction of sp³-hybridized carbons (Fsp3) is 0.722. The molecule has 136 valence electrons. The fourth-order valence-electron chi connectivity index (χ4n) is 3.78. The van der Waals surface area contributed by atoms with Crippen LogP contribution in [0.2, 0.25) is 0 Å².